The second kappa shape index (κ2) is 10.1. The van der Waals surface area contributed by atoms with Gasteiger partial charge in [-0.05, 0) is 57.4 Å². The van der Waals surface area contributed by atoms with Crippen molar-refractivity contribution in [2.75, 3.05) is 6.61 Å². The third kappa shape index (κ3) is 6.93. The summed E-state index contributed by atoms with van der Waals surface area (Å²) in [4.78, 5) is 27.7. The maximum Gasteiger partial charge on any atom is 0.261 e. The zero-order valence-electron chi connectivity index (χ0n) is 18.1. The van der Waals surface area contributed by atoms with Crippen molar-refractivity contribution in [1.82, 2.24) is 10.2 Å². The lowest BCUT2D eigenvalue weighted by molar-refractivity contribution is -0.143. The lowest BCUT2D eigenvalue weighted by Crippen LogP contribution is -2.54. The highest BCUT2D eigenvalue weighted by molar-refractivity contribution is 5.88. The first kappa shape index (κ1) is 22.5. The zero-order chi connectivity index (χ0) is 21.4. The Balaban J connectivity index is 2.24. The van der Waals surface area contributed by atoms with Crippen molar-refractivity contribution in [3.63, 3.8) is 0 Å². The number of para-hydroxylation sites is 1. The normalized spacial score (nSPS) is 12.2. The maximum atomic E-state index is 13.1. The Labute approximate surface area is 174 Å². The number of ether oxygens (including phenoxy) is 1. The molecular formula is C24H32N2O3. The monoisotopic (exact) mass is 396 g/mol. The highest BCUT2D eigenvalue weighted by Crippen LogP contribution is 2.17. The molecule has 0 heterocycles. The van der Waals surface area contributed by atoms with Crippen LogP contribution in [0.5, 0.6) is 5.75 Å². The number of hydrogen-bond donors (Lipinski definition) is 1. The standard InChI is InChI=1S/C24H32N2O3/c1-6-21(23(28)25-24(3,4)5)26(16-19-13-11-10-12-18(19)2)22(27)17-29-20-14-8-7-9-15-20/h7-15,21H,6,16-17H2,1-5H3,(H,25,28). The molecule has 1 unspecified atom stereocenters. The molecule has 0 saturated heterocycles. The van der Waals surface area contributed by atoms with Crippen molar-refractivity contribution in [3.8, 4) is 5.75 Å². The Morgan fingerprint density at radius 1 is 1.03 bits per heavy atom. The van der Waals surface area contributed by atoms with Crippen molar-refractivity contribution < 1.29 is 14.3 Å². The van der Waals surface area contributed by atoms with Gasteiger partial charge in [-0.15, -0.1) is 0 Å². The van der Waals surface area contributed by atoms with Crippen LogP contribution in [0.15, 0.2) is 54.6 Å². The zero-order valence-corrected chi connectivity index (χ0v) is 18.1. The van der Waals surface area contributed by atoms with Crippen molar-refractivity contribution >= 4 is 11.8 Å². The fourth-order valence-electron chi connectivity index (χ4n) is 3.09. The van der Waals surface area contributed by atoms with Crippen LogP contribution in [0.3, 0.4) is 0 Å². The second-order valence-electron chi connectivity index (χ2n) is 8.21. The van der Waals surface area contributed by atoms with E-state index in [1.54, 1.807) is 4.90 Å². The van der Waals surface area contributed by atoms with Crippen molar-refractivity contribution in [2.24, 2.45) is 0 Å². The quantitative estimate of drug-likeness (QED) is 0.731. The van der Waals surface area contributed by atoms with E-state index in [4.69, 9.17) is 4.74 Å². The third-order valence-corrected chi connectivity index (χ3v) is 4.59. The number of hydrogen-bond acceptors (Lipinski definition) is 3. The van der Waals surface area contributed by atoms with Crippen LogP contribution in [0.4, 0.5) is 0 Å². The van der Waals surface area contributed by atoms with Crippen LogP contribution in [0.2, 0.25) is 0 Å². The van der Waals surface area contributed by atoms with Crippen LogP contribution in [0.25, 0.3) is 0 Å². The Morgan fingerprint density at radius 2 is 1.66 bits per heavy atom. The SMILES string of the molecule is CCC(C(=O)NC(C)(C)C)N(Cc1ccccc1C)C(=O)COc1ccccc1. The molecule has 2 rings (SSSR count). The van der Waals surface area contributed by atoms with Gasteiger partial charge in [0.25, 0.3) is 5.91 Å². The van der Waals surface area contributed by atoms with Crippen molar-refractivity contribution in [2.45, 2.75) is 59.2 Å². The Bertz CT molecular complexity index is 812. The van der Waals surface area contributed by atoms with Gasteiger partial charge in [-0.1, -0.05) is 49.4 Å². The predicted molar refractivity (Wildman–Crippen MR) is 116 cm³/mol. The molecule has 0 bridgehead atoms. The molecule has 5 nitrogen and oxygen atoms in total. The minimum Gasteiger partial charge on any atom is -0.484 e. The molecule has 0 saturated carbocycles. The molecule has 2 aromatic carbocycles. The lowest BCUT2D eigenvalue weighted by atomic mass is 10.0. The first-order valence-electron chi connectivity index (χ1n) is 10.0. The van der Waals surface area contributed by atoms with Crippen LogP contribution in [-0.4, -0.2) is 34.9 Å². The van der Waals surface area contributed by atoms with Crippen LogP contribution < -0.4 is 10.1 Å². The Hall–Kier alpha value is -2.82. The minimum atomic E-state index is -0.569. The lowest BCUT2D eigenvalue weighted by Gasteiger charge is -2.33. The second-order valence-corrected chi connectivity index (χ2v) is 8.21. The van der Waals surface area contributed by atoms with Gasteiger partial charge >= 0.3 is 0 Å². The van der Waals surface area contributed by atoms with Gasteiger partial charge in [0.05, 0.1) is 0 Å². The molecule has 1 atom stereocenters. The summed E-state index contributed by atoms with van der Waals surface area (Å²) in [7, 11) is 0. The third-order valence-electron chi connectivity index (χ3n) is 4.59. The number of amides is 2. The number of carbonyl (C=O) groups is 2. The molecular weight excluding hydrogens is 364 g/mol. The van der Waals surface area contributed by atoms with Crippen molar-refractivity contribution in [3.05, 3.63) is 65.7 Å². The Morgan fingerprint density at radius 3 is 2.24 bits per heavy atom. The molecule has 2 aromatic rings. The summed E-state index contributed by atoms with van der Waals surface area (Å²) in [6, 6.07) is 16.6. The van der Waals surface area contributed by atoms with Gasteiger partial charge in [0.2, 0.25) is 5.91 Å². The van der Waals surface area contributed by atoms with Crippen LogP contribution in [-0.2, 0) is 16.1 Å². The van der Waals surface area contributed by atoms with E-state index >= 15 is 0 Å². The van der Waals surface area contributed by atoms with Gasteiger partial charge in [0.1, 0.15) is 11.8 Å². The first-order valence-corrected chi connectivity index (χ1v) is 10.0. The molecule has 5 heteroatoms. The van der Waals surface area contributed by atoms with Crippen molar-refractivity contribution in [1.29, 1.82) is 0 Å². The molecule has 0 spiro atoms. The molecule has 0 aliphatic heterocycles. The van der Waals surface area contributed by atoms with E-state index in [1.165, 1.54) is 0 Å². The van der Waals surface area contributed by atoms with Gasteiger partial charge in [-0.2, -0.15) is 0 Å². The summed E-state index contributed by atoms with van der Waals surface area (Å²) in [5, 5.41) is 3.01. The van der Waals surface area contributed by atoms with Gasteiger partial charge in [-0.3, -0.25) is 9.59 Å². The maximum absolute atomic E-state index is 13.1. The first-order chi connectivity index (χ1) is 13.7. The summed E-state index contributed by atoms with van der Waals surface area (Å²) in [6.45, 7) is 9.98. The van der Waals surface area contributed by atoms with E-state index in [-0.39, 0.29) is 24.0 Å². The van der Waals surface area contributed by atoms with Crippen LogP contribution in [0, 0.1) is 6.92 Å². The fraction of sp³-hybridized carbons (Fsp3) is 0.417. The number of aryl methyl sites for hydroxylation is 1. The van der Waals surface area contributed by atoms with E-state index in [2.05, 4.69) is 5.32 Å². The molecule has 0 aromatic heterocycles. The smallest absolute Gasteiger partial charge is 0.261 e. The summed E-state index contributed by atoms with van der Waals surface area (Å²) in [5.41, 5.74) is 1.73. The minimum absolute atomic E-state index is 0.116. The Kier molecular flexibility index (Phi) is 7.82. The molecule has 156 valence electrons. The van der Waals surface area contributed by atoms with Gasteiger partial charge in [-0.25, -0.2) is 0 Å². The van der Waals surface area contributed by atoms with Crippen LogP contribution >= 0.6 is 0 Å². The van der Waals surface area contributed by atoms with Gasteiger partial charge in [0, 0.05) is 12.1 Å². The van der Waals surface area contributed by atoms with Gasteiger partial charge < -0.3 is 15.0 Å². The van der Waals surface area contributed by atoms with E-state index in [0.717, 1.165) is 11.1 Å². The number of carbonyl (C=O) groups excluding carboxylic acids is 2. The number of nitrogens with one attached hydrogen (secondary N) is 1. The highest BCUT2D eigenvalue weighted by atomic mass is 16.5. The molecule has 2 amide bonds. The number of rotatable bonds is 8. The molecule has 0 fully saturated rings. The average molecular weight is 397 g/mol. The summed E-state index contributed by atoms with van der Waals surface area (Å²) in [6.07, 6.45) is 0.519. The predicted octanol–water partition coefficient (Wildman–Crippen LogP) is 4.10. The number of benzene rings is 2. The summed E-state index contributed by atoms with van der Waals surface area (Å²) < 4.78 is 5.67. The molecule has 0 radical (unpaired) electrons. The molecule has 1 N–H and O–H groups in total. The van der Waals surface area contributed by atoms with Crippen LogP contribution in [0.1, 0.15) is 45.2 Å². The van der Waals surface area contributed by atoms with Gasteiger partial charge in [0.15, 0.2) is 6.61 Å². The highest BCUT2D eigenvalue weighted by Gasteiger charge is 2.31. The molecule has 29 heavy (non-hydrogen) atoms. The van der Waals surface area contributed by atoms with E-state index in [9.17, 15) is 9.59 Å². The summed E-state index contributed by atoms with van der Waals surface area (Å²) >= 11 is 0. The number of nitrogens with zero attached hydrogens (tertiary/aromatic N) is 1. The van der Waals surface area contributed by atoms with E-state index in [0.29, 0.717) is 18.7 Å². The summed E-state index contributed by atoms with van der Waals surface area (Å²) in [5.74, 6) is 0.263. The van der Waals surface area contributed by atoms with E-state index in [1.807, 2.05) is 89.2 Å². The largest absolute Gasteiger partial charge is 0.484 e. The topological polar surface area (TPSA) is 58.6 Å². The fourth-order valence-corrected chi connectivity index (χ4v) is 3.09. The molecule has 0 aliphatic rings. The van der Waals surface area contributed by atoms with E-state index < -0.39 is 6.04 Å². The molecule has 0 aliphatic carbocycles. The average Bonchev–Trinajstić information content (AvgIpc) is 2.67.